The maximum atomic E-state index is 11.8. The van der Waals surface area contributed by atoms with Gasteiger partial charge >= 0.3 is 5.97 Å². The summed E-state index contributed by atoms with van der Waals surface area (Å²) in [7, 11) is 0. The lowest BCUT2D eigenvalue weighted by molar-refractivity contribution is -0.138. The quantitative estimate of drug-likeness (QED) is 0.224. The Morgan fingerprint density at radius 1 is 1.12 bits per heavy atom. The second-order valence-corrected chi connectivity index (χ2v) is 9.26. The van der Waals surface area contributed by atoms with E-state index in [1.165, 1.54) is 55.2 Å². The molecule has 1 aliphatic rings. The molecule has 3 rings (SSSR count). The van der Waals surface area contributed by atoms with Crippen molar-refractivity contribution >= 4 is 11.5 Å². The Kier molecular flexibility index (Phi) is 9.50. The third-order valence-electron chi connectivity index (χ3n) is 6.61. The predicted octanol–water partition coefficient (Wildman–Crippen LogP) is 7.27. The average Bonchev–Trinajstić information content (AvgIpc) is 2.84. The van der Waals surface area contributed by atoms with E-state index in [4.69, 9.17) is 4.74 Å². The number of carbonyl (C=O) groups is 1. The number of aliphatic hydroxyl groups is 1. The minimum atomic E-state index is -0.343. The highest BCUT2D eigenvalue weighted by Gasteiger charge is 2.17. The van der Waals surface area contributed by atoms with Gasteiger partial charge < -0.3 is 9.84 Å². The Labute approximate surface area is 199 Å². The number of allylic oxidation sites excluding steroid dienone is 2. The monoisotopic (exact) mass is 446 g/mol. The number of esters is 1. The maximum Gasteiger partial charge on any atom is 0.333 e. The number of ether oxygens (including phenoxy) is 1. The van der Waals surface area contributed by atoms with Crippen molar-refractivity contribution in [2.24, 2.45) is 5.92 Å². The first-order valence-corrected chi connectivity index (χ1v) is 12.4. The van der Waals surface area contributed by atoms with E-state index < -0.39 is 0 Å². The molecule has 0 aromatic heterocycles. The van der Waals surface area contributed by atoms with Crippen molar-refractivity contribution in [3.63, 3.8) is 0 Å². The first kappa shape index (κ1) is 25.0. The third-order valence-corrected chi connectivity index (χ3v) is 6.61. The van der Waals surface area contributed by atoms with Crippen LogP contribution >= 0.6 is 0 Å². The molecular weight excluding hydrogens is 408 g/mol. The van der Waals surface area contributed by atoms with Gasteiger partial charge in [-0.1, -0.05) is 87.7 Å². The van der Waals surface area contributed by atoms with Crippen LogP contribution in [0, 0.1) is 5.92 Å². The topological polar surface area (TPSA) is 46.5 Å². The van der Waals surface area contributed by atoms with Gasteiger partial charge in [0.15, 0.2) is 0 Å². The van der Waals surface area contributed by atoms with Crippen LogP contribution < -0.4 is 0 Å². The van der Waals surface area contributed by atoms with E-state index in [1.54, 1.807) is 6.92 Å². The molecule has 0 amide bonds. The number of carbonyl (C=O) groups excluding carboxylic acids is 1. The van der Waals surface area contributed by atoms with E-state index in [-0.39, 0.29) is 12.6 Å². The number of hydrogen-bond acceptors (Lipinski definition) is 3. The SMILES string of the molecule is C=C(C)C(=O)OCCc1cc(C2=CCC(CCCCC)CC2)ccc1-c1ccc(CO)cc1. The molecule has 3 heteroatoms. The number of hydrogen-bond donors (Lipinski definition) is 1. The Hall–Kier alpha value is -2.65. The molecule has 1 aliphatic carbocycles. The van der Waals surface area contributed by atoms with Crippen molar-refractivity contribution in [1.82, 2.24) is 0 Å². The summed E-state index contributed by atoms with van der Waals surface area (Å²) in [6, 6.07) is 14.7. The van der Waals surface area contributed by atoms with Gasteiger partial charge in [0.1, 0.15) is 0 Å². The van der Waals surface area contributed by atoms with Crippen LogP contribution in [0.15, 0.2) is 60.7 Å². The van der Waals surface area contributed by atoms with Crippen LogP contribution in [0.3, 0.4) is 0 Å². The van der Waals surface area contributed by atoms with Crippen LogP contribution in [-0.2, 0) is 22.6 Å². The van der Waals surface area contributed by atoms with Crippen molar-refractivity contribution in [3.8, 4) is 11.1 Å². The molecule has 0 fully saturated rings. The molecule has 0 radical (unpaired) electrons. The van der Waals surface area contributed by atoms with E-state index in [0.717, 1.165) is 29.0 Å². The molecule has 0 bridgehead atoms. The zero-order chi connectivity index (χ0) is 23.6. The molecule has 0 heterocycles. The van der Waals surface area contributed by atoms with Crippen LogP contribution in [0.5, 0.6) is 0 Å². The summed E-state index contributed by atoms with van der Waals surface area (Å²) >= 11 is 0. The van der Waals surface area contributed by atoms with Crippen LogP contribution in [0.25, 0.3) is 16.7 Å². The highest BCUT2D eigenvalue weighted by molar-refractivity contribution is 5.87. The number of rotatable bonds is 11. The Bertz CT molecular complexity index is 969. The molecule has 33 heavy (non-hydrogen) atoms. The van der Waals surface area contributed by atoms with Gasteiger partial charge in [0, 0.05) is 12.0 Å². The molecular formula is C30H38O3. The lowest BCUT2D eigenvalue weighted by Gasteiger charge is -2.23. The van der Waals surface area contributed by atoms with Gasteiger partial charge in [-0.2, -0.15) is 0 Å². The molecule has 0 saturated carbocycles. The van der Waals surface area contributed by atoms with Crippen LogP contribution in [-0.4, -0.2) is 17.7 Å². The Morgan fingerprint density at radius 3 is 2.52 bits per heavy atom. The number of aliphatic hydroxyl groups excluding tert-OH is 1. The van der Waals surface area contributed by atoms with Crippen LogP contribution in [0.2, 0.25) is 0 Å². The second kappa shape index (κ2) is 12.6. The van der Waals surface area contributed by atoms with Crippen molar-refractivity contribution in [2.75, 3.05) is 6.61 Å². The van der Waals surface area contributed by atoms with Crippen LogP contribution in [0.1, 0.15) is 75.5 Å². The molecule has 1 atom stereocenters. The zero-order valence-electron chi connectivity index (χ0n) is 20.2. The lowest BCUT2D eigenvalue weighted by atomic mass is 9.83. The molecule has 0 saturated heterocycles. The van der Waals surface area contributed by atoms with Crippen molar-refractivity contribution < 1.29 is 14.6 Å². The third kappa shape index (κ3) is 7.17. The summed E-state index contributed by atoms with van der Waals surface area (Å²) in [5.41, 5.74) is 7.45. The summed E-state index contributed by atoms with van der Waals surface area (Å²) in [6.45, 7) is 7.96. The normalized spacial score (nSPS) is 15.7. The standard InChI is InChI=1S/C30H38O3/c1-4-5-6-7-23-8-12-25(13-9-23)27-16-17-29(26-14-10-24(21-31)11-15-26)28(20-27)18-19-33-30(32)22(2)3/h10-12,14-17,20,23,31H,2,4-9,13,18-19,21H2,1,3H3. The van der Waals surface area contributed by atoms with Crippen molar-refractivity contribution in [3.05, 3.63) is 77.4 Å². The van der Waals surface area contributed by atoms with Gasteiger partial charge in [0.25, 0.3) is 0 Å². The number of unbranched alkanes of at least 4 members (excludes halogenated alkanes) is 2. The fraction of sp³-hybridized carbons (Fsp3) is 0.433. The Balaban J connectivity index is 1.79. The van der Waals surface area contributed by atoms with Gasteiger partial charge in [0.05, 0.1) is 13.2 Å². The molecule has 2 aromatic rings. The summed E-state index contributed by atoms with van der Waals surface area (Å²) in [4.78, 5) is 11.8. The molecule has 2 aromatic carbocycles. The van der Waals surface area contributed by atoms with E-state index in [1.807, 2.05) is 24.3 Å². The number of benzene rings is 2. The average molecular weight is 447 g/mol. The smallest absolute Gasteiger partial charge is 0.333 e. The van der Waals surface area contributed by atoms with E-state index in [2.05, 4.69) is 37.8 Å². The van der Waals surface area contributed by atoms with Gasteiger partial charge in [-0.3, -0.25) is 0 Å². The second-order valence-electron chi connectivity index (χ2n) is 9.26. The lowest BCUT2D eigenvalue weighted by Crippen LogP contribution is -2.09. The van der Waals surface area contributed by atoms with Gasteiger partial charge in [0.2, 0.25) is 0 Å². The van der Waals surface area contributed by atoms with E-state index in [0.29, 0.717) is 18.6 Å². The Morgan fingerprint density at radius 2 is 1.88 bits per heavy atom. The highest BCUT2D eigenvalue weighted by Crippen LogP contribution is 2.35. The van der Waals surface area contributed by atoms with E-state index >= 15 is 0 Å². The largest absolute Gasteiger partial charge is 0.462 e. The molecule has 176 valence electrons. The minimum Gasteiger partial charge on any atom is -0.462 e. The first-order chi connectivity index (χ1) is 16.0. The predicted molar refractivity (Wildman–Crippen MR) is 137 cm³/mol. The fourth-order valence-corrected chi connectivity index (χ4v) is 4.54. The highest BCUT2D eigenvalue weighted by atomic mass is 16.5. The molecule has 1 unspecified atom stereocenters. The fourth-order valence-electron chi connectivity index (χ4n) is 4.54. The molecule has 0 aliphatic heterocycles. The first-order valence-electron chi connectivity index (χ1n) is 12.4. The van der Waals surface area contributed by atoms with Gasteiger partial charge in [-0.25, -0.2) is 4.79 Å². The minimum absolute atomic E-state index is 0.0382. The summed E-state index contributed by atoms with van der Waals surface area (Å²) in [5.74, 6) is 0.481. The van der Waals surface area contributed by atoms with Crippen LogP contribution in [0.4, 0.5) is 0 Å². The van der Waals surface area contributed by atoms with Gasteiger partial charge in [-0.05, 0) is 65.5 Å². The maximum absolute atomic E-state index is 11.8. The van der Waals surface area contributed by atoms with Crippen molar-refractivity contribution in [2.45, 2.75) is 71.8 Å². The van der Waals surface area contributed by atoms with Gasteiger partial charge in [-0.15, -0.1) is 0 Å². The van der Waals surface area contributed by atoms with Crippen molar-refractivity contribution in [1.29, 1.82) is 0 Å². The van der Waals surface area contributed by atoms with E-state index in [9.17, 15) is 9.90 Å². The molecule has 0 spiro atoms. The summed E-state index contributed by atoms with van der Waals surface area (Å²) < 4.78 is 5.39. The summed E-state index contributed by atoms with van der Waals surface area (Å²) in [6.07, 6.45) is 12.0. The zero-order valence-corrected chi connectivity index (χ0v) is 20.2. The molecule has 1 N–H and O–H groups in total. The summed E-state index contributed by atoms with van der Waals surface area (Å²) in [5, 5.41) is 9.36. The molecule has 3 nitrogen and oxygen atoms in total.